The van der Waals surface area contributed by atoms with Gasteiger partial charge in [-0.15, -0.1) is 0 Å². The standard InChI is InChI=1S/C23H25N3O3/c1-12(2)10-24-17-9-16-20(26-29-23(16)25-11-13(3)4)19-18(17)21(27)14-7-5-6-8-15(14)22(19)28/h5-9,12-13,24-25H,10-11H2,1-4H3. The van der Waals surface area contributed by atoms with Crippen LogP contribution in [-0.4, -0.2) is 29.8 Å². The van der Waals surface area contributed by atoms with E-state index < -0.39 is 0 Å². The Bertz CT molecular complexity index is 1110. The van der Waals surface area contributed by atoms with Crippen LogP contribution in [0.2, 0.25) is 0 Å². The minimum Gasteiger partial charge on any atom is -0.384 e. The van der Waals surface area contributed by atoms with Crippen LogP contribution in [0.1, 0.15) is 59.5 Å². The van der Waals surface area contributed by atoms with Crippen molar-refractivity contribution in [3.05, 3.63) is 52.6 Å². The van der Waals surface area contributed by atoms with Crippen molar-refractivity contribution in [3.63, 3.8) is 0 Å². The summed E-state index contributed by atoms with van der Waals surface area (Å²) in [6.45, 7) is 9.78. The molecule has 0 atom stereocenters. The number of anilines is 2. The first-order valence-corrected chi connectivity index (χ1v) is 10.0. The van der Waals surface area contributed by atoms with Gasteiger partial charge in [0.2, 0.25) is 5.88 Å². The molecule has 0 amide bonds. The van der Waals surface area contributed by atoms with E-state index in [0.29, 0.717) is 69.7 Å². The fraction of sp³-hybridized carbons (Fsp3) is 0.348. The summed E-state index contributed by atoms with van der Waals surface area (Å²) in [6.07, 6.45) is 0. The minimum absolute atomic E-state index is 0.164. The monoisotopic (exact) mass is 391 g/mol. The summed E-state index contributed by atoms with van der Waals surface area (Å²) in [4.78, 5) is 26.7. The second-order valence-electron chi connectivity index (χ2n) is 8.34. The maximum absolute atomic E-state index is 13.4. The van der Waals surface area contributed by atoms with E-state index in [9.17, 15) is 9.59 Å². The van der Waals surface area contributed by atoms with Crippen molar-refractivity contribution in [3.8, 4) is 0 Å². The fourth-order valence-electron chi connectivity index (χ4n) is 3.56. The topological polar surface area (TPSA) is 84.2 Å². The van der Waals surface area contributed by atoms with Crippen molar-refractivity contribution in [1.82, 2.24) is 5.16 Å². The number of carbonyl (C=O) groups excluding carboxylic acids is 2. The molecule has 0 bridgehead atoms. The maximum Gasteiger partial charge on any atom is 0.232 e. The third kappa shape index (κ3) is 3.28. The molecule has 2 aromatic carbocycles. The van der Waals surface area contributed by atoms with Crippen molar-refractivity contribution in [2.75, 3.05) is 23.7 Å². The van der Waals surface area contributed by atoms with Gasteiger partial charge in [-0.25, -0.2) is 0 Å². The molecule has 0 saturated carbocycles. The Hall–Kier alpha value is -3.15. The van der Waals surface area contributed by atoms with Gasteiger partial charge in [0, 0.05) is 29.9 Å². The smallest absolute Gasteiger partial charge is 0.232 e. The molecule has 3 aromatic rings. The van der Waals surface area contributed by atoms with Gasteiger partial charge < -0.3 is 15.2 Å². The molecule has 1 aliphatic rings. The summed E-state index contributed by atoms with van der Waals surface area (Å²) >= 11 is 0. The molecule has 1 aromatic heterocycles. The number of fused-ring (bicyclic) bond motifs is 4. The first-order chi connectivity index (χ1) is 13.9. The van der Waals surface area contributed by atoms with Crippen LogP contribution in [0.4, 0.5) is 11.6 Å². The van der Waals surface area contributed by atoms with Gasteiger partial charge in [-0.3, -0.25) is 9.59 Å². The molecule has 2 N–H and O–H groups in total. The van der Waals surface area contributed by atoms with Crippen molar-refractivity contribution < 1.29 is 14.1 Å². The highest BCUT2D eigenvalue weighted by Crippen LogP contribution is 2.39. The summed E-state index contributed by atoms with van der Waals surface area (Å²) in [5.41, 5.74) is 2.61. The van der Waals surface area contributed by atoms with Gasteiger partial charge in [-0.05, 0) is 17.9 Å². The molecule has 0 fully saturated rings. The van der Waals surface area contributed by atoms with Crippen LogP contribution >= 0.6 is 0 Å². The average Bonchev–Trinajstić information content (AvgIpc) is 3.10. The molecule has 0 spiro atoms. The van der Waals surface area contributed by atoms with Crippen molar-refractivity contribution in [1.29, 1.82) is 0 Å². The predicted octanol–water partition coefficient (Wildman–Crippen LogP) is 4.74. The van der Waals surface area contributed by atoms with Gasteiger partial charge in [0.15, 0.2) is 11.6 Å². The number of hydrogen-bond acceptors (Lipinski definition) is 6. The molecule has 1 heterocycles. The number of nitrogens with zero attached hydrogens (tertiary/aromatic N) is 1. The highest BCUT2D eigenvalue weighted by atomic mass is 16.5. The van der Waals surface area contributed by atoms with E-state index in [2.05, 4.69) is 43.5 Å². The van der Waals surface area contributed by atoms with Gasteiger partial charge in [0.25, 0.3) is 0 Å². The Labute approximate surface area is 169 Å². The summed E-state index contributed by atoms with van der Waals surface area (Å²) in [5, 5.41) is 11.5. The molecule has 0 radical (unpaired) electrons. The number of carbonyl (C=O) groups is 2. The number of aromatic nitrogens is 1. The molecule has 4 rings (SSSR count). The largest absolute Gasteiger partial charge is 0.384 e. The van der Waals surface area contributed by atoms with Gasteiger partial charge in [-0.1, -0.05) is 57.1 Å². The van der Waals surface area contributed by atoms with Crippen molar-refractivity contribution in [2.24, 2.45) is 11.8 Å². The first kappa shape index (κ1) is 19.2. The zero-order chi connectivity index (χ0) is 20.7. The molecule has 6 heteroatoms. The minimum atomic E-state index is -0.197. The second-order valence-corrected chi connectivity index (χ2v) is 8.34. The Balaban J connectivity index is 1.94. The van der Waals surface area contributed by atoms with E-state index in [4.69, 9.17) is 4.52 Å². The summed E-state index contributed by atoms with van der Waals surface area (Å²) in [7, 11) is 0. The van der Waals surface area contributed by atoms with Crippen LogP contribution in [0.5, 0.6) is 0 Å². The zero-order valence-electron chi connectivity index (χ0n) is 17.1. The van der Waals surface area contributed by atoms with Gasteiger partial charge in [0.1, 0.15) is 5.52 Å². The highest BCUT2D eigenvalue weighted by molar-refractivity contribution is 6.33. The zero-order valence-corrected chi connectivity index (χ0v) is 17.1. The number of benzene rings is 2. The predicted molar refractivity (Wildman–Crippen MR) is 114 cm³/mol. The molecule has 0 aliphatic heterocycles. The summed E-state index contributed by atoms with van der Waals surface area (Å²) in [6, 6.07) is 8.81. The highest BCUT2D eigenvalue weighted by Gasteiger charge is 2.35. The SMILES string of the molecule is CC(C)CNc1cc2c(NCC(C)C)onc2c2c1C(=O)c1ccccc1C2=O. The third-order valence-electron chi connectivity index (χ3n) is 5.01. The quantitative estimate of drug-likeness (QED) is 0.494. The lowest BCUT2D eigenvalue weighted by molar-refractivity contribution is 0.0980. The van der Waals surface area contributed by atoms with E-state index in [1.54, 1.807) is 24.3 Å². The Morgan fingerprint density at radius 1 is 0.897 bits per heavy atom. The normalized spacial score (nSPS) is 13.2. The van der Waals surface area contributed by atoms with Crippen LogP contribution in [0.25, 0.3) is 10.9 Å². The van der Waals surface area contributed by atoms with Crippen molar-refractivity contribution in [2.45, 2.75) is 27.7 Å². The van der Waals surface area contributed by atoms with Gasteiger partial charge >= 0.3 is 0 Å². The maximum atomic E-state index is 13.4. The Kier molecular flexibility index (Phi) is 4.86. The lowest BCUT2D eigenvalue weighted by Gasteiger charge is -2.21. The van der Waals surface area contributed by atoms with Crippen LogP contribution in [0, 0.1) is 11.8 Å². The Morgan fingerprint density at radius 3 is 2.10 bits per heavy atom. The molecular formula is C23H25N3O3. The average molecular weight is 391 g/mol. The van der Waals surface area contributed by atoms with E-state index in [1.165, 1.54) is 0 Å². The van der Waals surface area contributed by atoms with Crippen molar-refractivity contribution >= 4 is 34.0 Å². The van der Waals surface area contributed by atoms with E-state index in [-0.39, 0.29) is 11.6 Å². The molecular weight excluding hydrogens is 366 g/mol. The van der Waals surface area contributed by atoms with Crippen LogP contribution in [0.3, 0.4) is 0 Å². The lowest BCUT2D eigenvalue weighted by Crippen LogP contribution is -2.23. The third-order valence-corrected chi connectivity index (χ3v) is 5.01. The number of nitrogens with one attached hydrogen (secondary N) is 2. The summed E-state index contributed by atoms with van der Waals surface area (Å²) in [5.74, 6) is 0.953. The molecule has 0 unspecified atom stereocenters. The number of ketones is 2. The van der Waals surface area contributed by atoms with E-state index in [0.717, 1.165) is 0 Å². The summed E-state index contributed by atoms with van der Waals surface area (Å²) < 4.78 is 5.53. The van der Waals surface area contributed by atoms with E-state index in [1.807, 2.05) is 6.07 Å². The van der Waals surface area contributed by atoms with Crippen LogP contribution < -0.4 is 10.6 Å². The first-order valence-electron chi connectivity index (χ1n) is 10.0. The van der Waals surface area contributed by atoms with Crippen LogP contribution in [-0.2, 0) is 0 Å². The Morgan fingerprint density at radius 2 is 1.48 bits per heavy atom. The fourth-order valence-corrected chi connectivity index (χ4v) is 3.56. The number of hydrogen-bond donors (Lipinski definition) is 2. The molecule has 150 valence electrons. The molecule has 29 heavy (non-hydrogen) atoms. The lowest BCUT2D eigenvalue weighted by atomic mass is 9.82. The second kappa shape index (κ2) is 7.35. The molecule has 0 saturated heterocycles. The molecule has 6 nitrogen and oxygen atoms in total. The van der Waals surface area contributed by atoms with Crippen LogP contribution in [0.15, 0.2) is 34.9 Å². The van der Waals surface area contributed by atoms with Gasteiger partial charge in [0.05, 0.1) is 16.5 Å². The molecule has 1 aliphatic carbocycles. The van der Waals surface area contributed by atoms with Gasteiger partial charge in [-0.2, -0.15) is 0 Å². The van der Waals surface area contributed by atoms with E-state index >= 15 is 0 Å². The number of rotatable bonds is 6.